The van der Waals surface area contributed by atoms with Gasteiger partial charge in [0.05, 0.1) is 0 Å². The Balaban J connectivity index is 2.07. The predicted octanol–water partition coefficient (Wildman–Crippen LogP) is 4.30. The van der Waals surface area contributed by atoms with Crippen molar-refractivity contribution in [3.63, 3.8) is 0 Å². The van der Waals surface area contributed by atoms with E-state index in [-0.39, 0.29) is 17.4 Å². The third kappa shape index (κ3) is 7.72. The zero-order chi connectivity index (χ0) is 21.4. The molecular weight excluding hydrogens is 360 g/mol. The second-order valence-electron chi connectivity index (χ2n) is 8.72. The van der Waals surface area contributed by atoms with Crippen LogP contribution in [-0.2, 0) is 22.4 Å². The van der Waals surface area contributed by atoms with E-state index in [0.29, 0.717) is 19.4 Å². The molecule has 1 atom stereocenters. The smallest absolute Gasteiger partial charge is 0.242 e. The van der Waals surface area contributed by atoms with Gasteiger partial charge in [0.2, 0.25) is 11.8 Å². The van der Waals surface area contributed by atoms with Gasteiger partial charge in [-0.05, 0) is 58.6 Å². The lowest BCUT2D eigenvalue weighted by Crippen LogP contribution is -2.53. The molecule has 4 heteroatoms. The molecule has 2 amide bonds. The van der Waals surface area contributed by atoms with E-state index in [1.165, 1.54) is 5.56 Å². The van der Waals surface area contributed by atoms with Crippen LogP contribution >= 0.6 is 0 Å². The zero-order valence-electron chi connectivity index (χ0n) is 18.4. The van der Waals surface area contributed by atoms with E-state index >= 15 is 0 Å². The molecule has 0 aliphatic rings. The Labute approximate surface area is 175 Å². The van der Waals surface area contributed by atoms with Crippen molar-refractivity contribution in [1.82, 2.24) is 10.2 Å². The Kier molecular flexibility index (Phi) is 8.00. The lowest BCUT2D eigenvalue weighted by Gasteiger charge is -2.31. The van der Waals surface area contributed by atoms with Gasteiger partial charge in [-0.15, -0.1) is 0 Å². The van der Waals surface area contributed by atoms with Crippen molar-refractivity contribution >= 4 is 11.8 Å². The molecule has 29 heavy (non-hydrogen) atoms. The molecule has 0 aliphatic heterocycles. The molecule has 0 bridgehead atoms. The first-order chi connectivity index (χ1) is 13.7. The number of nitrogens with zero attached hydrogens (tertiary/aromatic N) is 1. The maximum Gasteiger partial charge on any atom is 0.242 e. The molecule has 2 rings (SSSR count). The number of carbonyl (C=O) groups excluding carboxylic acids is 2. The first-order valence-electron chi connectivity index (χ1n) is 10.4. The molecular formula is C25H34N2O2. The highest BCUT2D eigenvalue weighted by molar-refractivity contribution is 5.87. The topological polar surface area (TPSA) is 49.4 Å². The molecule has 0 spiro atoms. The summed E-state index contributed by atoms with van der Waals surface area (Å²) in [6.07, 6.45) is 1.80. The van der Waals surface area contributed by atoms with E-state index in [0.717, 1.165) is 17.5 Å². The largest absolute Gasteiger partial charge is 0.350 e. The van der Waals surface area contributed by atoms with Crippen molar-refractivity contribution in [3.05, 3.63) is 71.3 Å². The number of benzene rings is 2. The number of aryl methyl sites for hydroxylation is 2. The van der Waals surface area contributed by atoms with Gasteiger partial charge in [0.15, 0.2) is 0 Å². The lowest BCUT2D eigenvalue weighted by molar-refractivity contribution is -0.140. The van der Waals surface area contributed by atoms with E-state index in [4.69, 9.17) is 0 Å². The van der Waals surface area contributed by atoms with Crippen LogP contribution in [0.15, 0.2) is 54.6 Å². The Bertz CT molecular complexity index is 792. The molecule has 0 saturated heterocycles. The maximum atomic E-state index is 13.1. The summed E-state index contributed by atoms with van der Waals surface area (Å²) >= 11 is 0. The Morgan fingerprint density at radius 1 is 0.931 bits per heavy atom. The Morgan fingerprint density at radius 2 is 1.52 bits per heavy atom. The van der Waals surface area contributed by atoms with Crippen LogP contribution in [-0.4, -0.2) is 34.8 Å². The summed E-state index contributed by atoms with van der Waals surface area (Å²) in [7, 11) is 0. The van der Waals surface area contributed by atoms with Crippen LogP contribution in [0.4, 0.5) is 0 Å². The van der Waals surface area contributed by atoms with Crippen molar-refractivity contribution in [2.24, 2.45) is 0 Å². The summed E-state index contributed by atoms with van der Waals surface area (Å²) in [6.45, 7) is 10.2. The minimum Gasteiger partial charge on any atom is -0.350 e. The van der Waals surface area contributed by atoms with Gasteiger partial charge in [-0.3, -0.25) is 9.59 Å². The molecule has 2 aromatic rings. The predicted molar refractivity (Wildman–Crippen MR) is 119 cm³/mol. The molecule has 0 aliphatic carbocycles. The highest BCUT2D eigenvalue weighted by atomic mass is 16.2. The molecule has 0 saturated carbocycles. The summed E-state index contributed by atoms with van der Waals surface area (Å²) in [5.74, 6) is -0.104. The van der Waals surface area contributed by atoms with Crippen LogP contribution in [0.5, 0.6) is 0 Å². The van der Waals surface area contributed by atoms with Crippen molar-refractivity contribution in [2.75, 3.05) is 6.54 Å². The van der Waals surface area contributed by atoms with Crippen LogP contribution in [0, 0.1) is 6.92 Å². The molecule has 0 radical (unpaired) electrons. The van der Waals surface area contributed by atoms with E-state index in [9.17, 15) is 9.59 Å². The lowest BCUT2D eigenvalue weighted by atomic mass is 10.1. The van der Waals surface area contributed by atoms with Crippen LogP contribution in [0.1, 0.15) is 50.8 Å². The van der Waals surface area contributed by atoms with E-state index in [2.05, 4.69) is 48.6 Å². The van der Waals surface area contributed by atoms with E-state index in [1.54, 1.807) is 4.90 Å². The second-order valence-corrected chi connectivity index (χ2v) is 8.72. The van der Waals surface area contributed by atoms with E-state index in [1.807, 2.05) is 45.9 Å². The quantitative estimate of drug-likeness (QED) is 0.726. The van der Waals surface area contributed by atoms with Gasteiger partial charge < -0.3 is 10.2 Å². The second kappa shape index (κ2) is 10.2. The number of amides is 2. The normalized spacial score (nSPS) is 12.3. The third-order valence-electron chi connectivity index (χ3n) is 4.90. The van der Waals surface area contributed by atoms with Crippen LogP contribution < -0.4 is 5.32 Å². The van der Waals surface area contributed by atoms with Gasteiger partial charge in [0.25, 0.3) is 0 Å². The monoisotopic (exact) mass is 394 g/mol. The van der Waals surface area contributed by atoms with Crippen LogP contribution in [0.25, 0.3) is 0 Å². The summed E-state index contributed by atoms with van der Waals surface area (Å²) in [5, 5.41) is 3.00. The number of carbonyl (C=O) groups is 2. The van der Waals surface area contributed by atoms with Crippen molar-refractivity contribution < 1.29 is 9.59 Å². The summed E-state index contributed by atoms with van der Waals surface area (Å²) in [5.41, 5.74) is 3.17. The minimum absolute atomic E-state index is 0.0121. The number of hydrogen-bond donors (Lipinski definition) is 1. The first kappa shape index (κ1) is 22.7. The summed E-state index contributed by atoms with van der Waals surface area (Å²) < 4.78 is 0. The van der Waals surface area contributed by atoms with Gasteiger partial charge in [-0.25, -0.2) is 0 Å². The van der Waals surface area contributed by atoms with Gasteiger partial charge in [-0.1, -0.05) is 60.2 Å². The fourth-order valence-electron chi connectivity index (χ4n) is 3.19. The summed E-state index contributed by atoms with van der Waals surface area (Å²) in [4.78, 5) is 27.5. The van der Waals surface area contributed by atoms with Gasteiger partial charge in [0.1, 0.15) is 6.04 Å². The first-order valence-corrected chi connectivity index (χ1v) is 10.4. The number of nitrogens with one attached hydrogen (secondary N) is 1. The van der Waals surface area contributed by atoms with Crippen molar-refractivity contribution in [2.45, 2.75) is 65.5 Å². The molecule has 156 valence electrons. The zero-order valence-corrected chi connectivity index (χ0v) is 18.4. The third-order valence-corrected chi connectivity index (χ3v) is 4.90. The molecule has 1 unspecified atom stereocenters. The molecule has 0 heterocycles. The maximum absolute atomic E-state index is 13.1. The average molecular weight is 395 g/mol. The molecule has 0 fully saturated rings. The average Bonchev–Trinajstić information content (AvgIpc) is 2.67. The molecule has 1 N–H and O–H groups in total. The molecule has 4 nitrogen and oxygen atoms in total. The summed E-state index contributed by atoms with van der Waals surface area (Å²) in [6, 6.07) is 17.8. The SMILES string of the molecule is Cc1ccc(CCC(=O)N(CCc2ccccc2)C(C)C(=O)NC(C)(C)C)cc1. The Hall–Kier alpha value is -2.62. The minimum atomic E-state index is -0.511. The van der Waals surface area contributed by atoms with Gasteiger partial charge >= 0.3 is 0 Å². The van der Waals surface area contributed by atoms with Crippen molar-refractivity contribution in [1.29, 1.82) is 0 Å². The van der Waals surface area contributed by atoms with Crippen molar-refractivity contribution in [3.8, 4) is 0 Å². The molecule has 0 aromatic heterocycles. The number of rotatable bonds is 8. The Morgan fingerprint density at radius 3 is 2.10 bits per heavy atom. The standard InChI is InChI=1S/C25H34N2O2/c1-19-11-13-22(14-12-19)15-16-23(28)27(18-17-21-9-7-6-8-10-21)20(2)24(29)26-25(3,4)5/h6-14,20H,15-18H2,1-5H3,(H,26,29). The van der Waals surface area contributed by atoms with Crippen LogP contribution in [0.2, 0.25) is 0 Å². The fourth-order valence-corrected chi connectivity index (χ4v) is 3.19. The van der Waals surface area contributed by atoms with E-state index < -0.39 is 6.04 Å². The molecule has 2 aromatic carbocycles. The highest BCUT2D eigenvalue weighted by Crippen LogP contribution is 2.12. The fraction of sp³-hybridized carbons (Fsp3) is 0.440. The van der Waals surface area contributed by atoms with Gasteiger partial charge in [0, 0.05) is 18.5 Å². The van der Waals surface area contributed by atoms with Crippen LogP contribution in [0.3, 0.4) is 0 Å². The highest BCUT2D eigenvalue weighted by Gasteiger charge is 2.27. The van der Waals surface area contributed by atoms with Gasteiger partial charge in [-0.2, -0.15) is 0 Å². The number of hydrogen-bond acceptors (Lipinski definition) is 2.